The maximum atomic E-state index is 13.2. The number of pyridine rings is 1. The Morgan fingerprint density at radius 3 is 2.52 bits per heavy atom. The Morgan fingerprint density at radius 2 is 1.81 bits per heavy atom. The molecule has 0 saturated heterocycles. The molecule has 0 bridgehead atoms. The Morgan fingerprint density at radius 1 is 1.07 bits per heavy atom. The van der Waals surface area contributed by atoms with Gasteiger partial charge in [-0.1, -0.05) is 11.6 Å². The fourth-order valence-corrected chi connectivity index (χ4v) is 2.56. The third kappa shape index (κ3) is 4.95. The van der Waals surface area contributed by atoms with E-state index in [-0.39, 0.29) is 10.9 Å². The van der Waals surface area contributed by atoms with E-state index in [0.717, 1.165) is 5.75 Å². The van der Waals surface area contributed by atoms with E-state index in [1.807, 2.05) is 6.92 Å². The van der Waals surface area contributed by atoms with Crippen molar-refractivity contribution in [3.8, 4) is 5.75 Å². The zero-order valence-electron chi connectivity index (χ0n) is 14.5. The predicted molar refractivity (Wildman–Crippen MR) is 104 cm³/mol. The van der Waals surface area contributed by atoms with Crippen molar-refractivity contribution in [1.82, 2.24) is 4.98 Å². The van der Waals surface area contributed by atoms with Crippen molar-refractivity contribution >= 4 is 34.6 Å². The molecule has 3 aromatic rings. The summed E-state index contributed by atoms with van der Waals surface area (Å²) in [6.45, 7) is 2.49. The Hall–Kier alpha value is -3.12. The van der Waals surface area contributed by atoms with E-state index in [1.165, 1.54) is 18.3 Å². The van der Waals surface area contributed by atoms with Crippen LogP contribution in [0.1, 0.15) is 17.3 Å². The van der Waals surface area contributed by atoms with Crippen LogP contribution < -0.4 is 15.4 Å². The summed E-state index contributed by atoms with van der Waals surface area (Å²) in [5, 5.41) is 5.86. The molecule has 27 heavy (non-hydrogen) atoms. The Labute approximate surface area is 161 Å². The van der Waals surface area contributed by atoms with E-state index in [0.29, 0.717) is 29.2 Å². The van der Waals surface area contributed by atoms with Gasteiger partial charge in [-0.25, -0.2) is 4.39 Å². The molecule has 2 aromatic carbocycles. The monoisotopic (exact) mass is 385 g/mol. The topological polar surface area (TPSA) is 63.2 Å². The van der Waals surface area contributed by atoms with E-state index < -0.39 is 5.82 Å². The van der Waals surface area contributed by atoms with Gasteiger partial charge in [-0.3, -0.25) is 9.78 Å². The fraction of sp³-hybridized carbons (Fsp3) is 0.100. The third-order valence-electron chi connectivity index (χ3n) is 3.63. The number of carbonyl (C=O) groups excluding carboxylic acids is 1. The number of nitrogens with zero attached hydrogens (tertiary/aromatic N) is 1. The number of amides is 1. The summed E-state index contributed by atoms with van der Waals surface area (Å²) in [7, 11) is 0. The molecule has 138 valence electrons. The first kappa shape index (κ1) is 18.7. The zero-order chi connectivity index (χ0) is 19.2. The molecule has 0 aliphatic heterocycles. The van der Waals surface area contributed by atoms with Crippen LogP contribution in [0.2, 0.25) is 5.02 Å². The Balaban J connectivity index is 1.70. The molecule has 2 N–H and O–H groups in total. The number of halogens is 2. The second-order valence-corrected chi connectivity index (χ2v) is 6.03. The lowest BCUT2D eigenvalue weighted by Crippen LogP contribution is -2.12. The molecule has 3 rings (SSSR count). The first-order valence-electron chi connectivity index (χ1n) is 8.26. The highest BCUT2D eigenvalue weighted by Crippen LogP contribution is 2.23. The summed E-state index contributed by atoms with van der Waals surface area (Å²) >= 11 is 5.78. The minimum Gasteiger partial charge on any atom is -0.494 e. The van der Waals surface area contributed by atoms with Gasteiger partial charge in [-0.05, 0) is 55.5 Å². The summed E-state index contributed by atoms with van der Waals surface area (Å²) in [4.78, 5) is 16.5. The molecular weight excluding hydrogens is 369 g/mol. The van der Waals surface area contributed by atoms with Crippen molar-refractivity contribution in [2.45, 2.75) is 6.92 Å². The number of carbonyl (C=O) groups is 1. The van der Waals surface area contributed by atoms with Gasteiger partial charge in [0.05, 0.1) is 29.1 Å². The number of nitrogens with one attached hydrogen (secondary N) is 2. The normalized spacial score (nSPS) is 10.3. The quantitative estimate of drug-likeness (QED) is 0.606. The lowest BCUT2D eigenvalue weighted by Gasteiger charge is -2.10. The summed E-state index contributed by atoms with van der Waals surface area (Å²) in [5.74, 6) is -0.0578. The maximum absolute atomic E-state index is 13.2. The fourth-order valence-electron chi connectivity index (χ4n) is 2.38. The molecule has 1 amide bonds. The van der Waals surface area contributed by atoms with E-state index in [9.17, 15) is 9.18 Å². The summed E-state index contributed by atoms with van der Waals surface area (Å²) in [6.07, 6.45) is 3.03. The molecule has 1 aromatic heterocycles. The smallest absolute Gasteiger partial charge is 0.257 e. The van der Waals surface area contributed by atoms with Crippen molar-refractivity contribution in [2.75, 3.05) is 17.2 Å². The first-order chi connectivity index (χ1) is 13.0. The van der Waals surface area contributed by atoms with Crippen molar-refractivity contribution in [3.05, 3.63) is 77.3 Å². The molecule has 0 aliphatic rings. The number of benzene rings is 2. The number of ether oxygens (including phenoxy) is 1. The van der Waals surface area contributed by atoms with Gasteiger partial charge in [0.1, 0.15) is 11.6 Å². The molecule has 0 saturated carbocycles. The molecule has 0 atom stereocenters. The SMILES string of the molecule is CCOc1ccc(NC(=O)c2cncc(Nc3ccc(F)c(Cl)c3)c2)cc1. The number of aromatic nitrogens is 1. The Bertz CT molecular complexity index is 948. The molecular formula is C20H17ClFN3O2. The Kier molecular flexibility index (Phi) is 5.88. The van der Waals surface area contributed by atoms with Gasteiger partial charge in [0.2, 0.25) is 0 Å². The number of hydrogen-bond donors (Lipinski definition) is 2. The van der Waals surface area contributed by atoms with Crippen LogP contribution in [-0.4, -0.2) is 17.5 Å². The van der Waals surface area contributed by atoms with Crippen LogP contribution in [0.3, 0.4) is 0 Å². The average molecular weight is 386 g/mol. The second-order valence-electron chi connectivity index (χ2n) is 5.63. The van der Waals surface area contributed by atoms with Crippen LogP contribution in [0.4, 0.5) is 21.5 Å². The summed E-state index contributed by atoms with van der Waals surface area (Å²) < 4.78 is 18.6. The molecule has 0 fully saturated rings. The molecule has 5 nitrogen and oxygen atoms in total. The molecule has 0 unspecified atom stereocenters. The second kappa shape index (κ2) is 8.51. The number of rotatable bonds is 6. The van der Waals surface area contributed by atoms with Gasteiger partial charge < -0.3 is 15.4 Å². The number of hydrogen-bond acceptors (Lipinski definition) is 4. The highest BCUT2D eigenvalue weighted by Gasteiger charge is 2.09. The standard InChI is InChI=1S/C20H17ClFN3O2/c1-2-27-17-6-3-14(4-7-17)25-20(26)13-9-16(12-23-11-13)24-15-5-8-19(22)18(21)10-15/h3-12,24H,2H2,1H3,(H,25,26). The van der Waals surface area contributed by atoms with E-state index >= 15 is 0 Å². The minimum absolute atomic E-state index is 0.0114. The first-order valence-corrected chi connectivity index (χ1v) is 8.64. The van der Waals surface area contributed by atoms with Crippen LogP contribution in [0, 0.1) is 5.82 Å². The highest BCUT2D eigenvalue weighted by atomic mass is 35.5. The van der Waals surface area contributed by atoms with Gasteiger partial charge in [0, 0.05) is 17.6 Å². The molecule has 7 heteroatoms. The molecule has 1 heterocycles. The zero-order valence-corrected chi connectivity index (χ0v) is 15.3. The van der Waals surface area contributed by atoms with Crippen molar-refractivity contribution in [1.29, 1.82) is 0 Å². The van der Waals surface area contributed by atoms with Gasteiger partial charge in [0.15, 0.2) is 0 Å². The largest absolute Gasteiger partial charge is 0.494 e. The molecule has 0 spiro atoms. The highest BCUT2D eigenvalue weighted by molar-refractivity contribution is 6.31. The maximum Gasteiger partial charge on any atom is 0.257 e. The summed E-state index contributed by atoms with van der Waals surface area (Å²) in [6, 6.07) is 13.0. The lowest BCUT2D eigenvalue weighted by atomic mass is 10.2. The van der Waals surface area contributed by atoms with Crippen LogP contribution in [0.5, 0.6) is 5.75 Å². The van der Waals surface area contributed by atoms with Crippen LogP contribution in [0.15, 0.2) is 60.9 Å². The number of anilines is 3. The van der Waals surface area contributed by atoms with Gasteiger partial charge in [-0.15, -0.1) is 0 Å². The van der Waals surface area contributed by atoms with E-state index in [4.69, 9.17) is 16.3 Å². The van der Waals surface area contributed by atoms with Crippen molar-refractivity contribution in [3.63, 3.8) is 0 Å². The van der Waals surface area contributed by atoms with E-state index in [2.05, 4.69) is 15.6 Å². The summed E-state index contributed by atoms with van der Waals surface area (Å²) in [5.41, 5.74) is 2.19. The van der Waals surface area contributed by atoms with E-state index in [1.54, 1.807) is 42.6 Å². The van der Waals surface area contributed by atoms with Gasteiger partial charge >= 0.3 is 0 Å². The van der Waals surface area contributed by atoms with Crippen molar-refractivity contribution < 1.29 is 13.9 Å². The minimum atomic E-state index is -0.496. The molecule has 0 aliphatic carbocycles. The lowest BCUT2D eigenvalue weighted by molar-refractivity contribution is 0.102. The van der Waals surface area contributed by atoms with Crippen molar-refractivity contribution in [2.24, 2.45) is 0 Å². The van der Waals surface area contributed by atoms with Gasteiger partial charge in [-0.2, -0.15) is 0 Å². The predicted octanol–water partition coefficient (Wildman–Crippen LogP) is 5.27. The molecule has 0 radical (unpaired) electrons. The van der Waals surface area contributed by atoms with Crippen LogP contribution in [0.25, 0.3) is 0 Å². The third-order valence-corrected chi connectivity index (χ3v) is 3.92. The average Bonchev–Trinajstić information content (AvgIpc) is 2.67. The van der Waals surface area contributed by atoms with Gasteiger partial charge in [0.25, 0.3) is 5.91 Å². The van der Waals surface area contributed by atoms with Crippen LogP contribution in [-0.2, 0) is 0 Å². The van der Waals surface area contributed by atoms with Crippen LogP contribution >= 0.6 is 11.6 Å².